The molecule has 1 saturated heterocycles. The molecule has 1 aliphatic heterocycles. The molecule has 1 aromatic heterocycles. The second-order valence-electron chi connectivity index (χ2n) is 7.10. The standard InChI is InChI=1S/C16H28N2O/c1-11-6-7-14(19-11)15(12(2)17)18-9-8-13(10-18)16(3,4)5/h6-7,12-13,15H,8-10,17H2,1-5H3. The molecule has 1 fully saturated rings. The molecule has 1 aromatic rings. The van der Waals surface area contributed by atoms with Gasteiger partial charge in [0.25, 0.3) is 0 Å². The molecular formula is C16H28N2O. The SMILES string of the molecule is Cc1ccc(C(C(C)N)N2CCC(C(C)(C)C)C2)o1. The summed E-state index contributed by atoms with van der Waals surface area (Å²) < 4.78 is 5.82. The summed E-state index contributed by atoms with van der Waals surface area (Å²) in [6.07, 6.45) is 1.26. The van der Waals surface area contributed by atoms with Crippen molar-refractivity contribution >= 4 is 0 Å². The molecule has 0 spiro atoms. The lowest BCUT2D eigenvalue weighted by molar-refractivity contribution is 0.162. The van der Waals surface area contributed by atoms with Crippen molar-refractivity contribution in [2.75, 3.05) is 13.1 Å². The number of hydrogen-bond acceptors (Lipinski definition) is 3. The molecule has 3 atom stereocenters. The zero-order valence-electron chi connectivity index (χ0n) is 12.9. The number of nitrogens with two attached hydrogens (primary N) is 1. The van der Waals surface area contributed by atoms with Crippen molar-refractivity contribution in [3.63, 3.8) is 0 Å². The maximum Gasteiger partial charge on any atom is 0.122 e. The van der Waals surface area contributed by atoms with Crippen LogP contribution in [0.1, 0.15) is 51.7 Å². The second-order valence-corrected chi connectivity index (χ2v) is 7.10. The second kappa shape index (κ2) is 5.29. The topological polar surface area (TPSA) is 42.4 Å². The molecule has 19 heavy (non-hydrogen) atoms. The summed E-state index contributed by atoms with van der Waals surface area (Å²) >= 11 is 0. The van der Waals surface area contributed by atoms with E-state index in [1.54, 1.807) is 0 Å². The molecule has 108 valence electrons. The molecular weight excluding hydrogens is 236 g/mol. The number of hydrogen-bond donors (Lipinski definition) is 1. The largest absolute Gasteiger partial charge is 0.465 e. The monoisotopic (exact) mass is 264 g/mol. The summed E-state index contributed by atoms with van der Waals surface area (Å²) in [5, 5.41) is 0. The Morgan fingerprint density at radius 3 is 2.47 bits per heavy atom. The lowest BCUT2D eigenvalue weighted by Crippen LogP contribution is -2.38. The third kappa shape index (κ3) is 3.21. The first-order valence-corrected chi connectivity index (χ1v) is 7.35. The normalized spacial score (nSPS) is 24.6. The minimum atomic E-state index is 0.0873. The third-order valence-electron chi connectivity index (χ3n) is 4.39. The predicted octanol–water partition coefficient (Wildman–Crippen LogP) is 3.34. The molecule has 0 aliphatic carbocycles. The van der Waals surface area contributed by atoms with Crippen LogP contribution in [0.15, 0.2) is 16.5 Å². The van der Waals surface area contributed by atoms with E-state index < -0.39 is 0 Å². The minimum Gasteiger partial charge on any atom is -0.465 e. The average Bonchev–Trinajstić information content (AvgIpc) is 2.87. The Bertz CT molecular complexity index is 417. The molecule has 0 aromatic carbocycles. The Morgan fingerprint density at radius 1 is 1.37 bits per heavy atom. The van der Waals surface area contributed by atoms with Crippen molar-refractivity contribution in [2.45, 2.75) is 53.1 Å². The Hall–Kier alpha value is -0.800. The van der Waals surface area contributed by atoms with Crippen molar-refractivity contribution in [2.24, 2.45) is 17.1 Å². The third-order valence-corrected chi connectivity index (χ3v) is 4.39. The average molecular weight is 264 g/mol. The van der Waals surface area contributed by atoms with Crippen molar-refractivity contribution in [3.8, 4) is 0 Å². The van der Waals surface area contributed by atoms with Crippen LogP contribution < -0.4 is 5.73 Å². The molecule has 3 unspecified atom stereocenters. The highest BCUT2D eigenvalue weighted by Crippen LogP contribution is 2.38. The zero-order valence-corrected chi connectivity index (χ0v) is 12.9. The zero-order chi connectivity index (χ0) is 14.2. The van der Waals surface area contributed by atoms with Crippen LogP contribution in [-0.4, -0.2) is 24.0 Å². The van der Waals surface area contributed by atoms with Crippen LogP contribution in [0.5, 0.6) is 0 Å². The van der Waals surface area contributed by atoms with E-state index >= 15 is 0 Å². The summed E-state index contributed by atoms with van der Waals surface area (Å²) in [6.45, 7) is 13.3. The van der Waals surface area contributed by atoms with E-state index in [9.17, 15) is 0 Å². The van der Waals surface area contributed by atoms with Crippen molar-refractivity contribution in [3.05, 3.63) is 23.7 Å². The Balaban J connectivity index is 2.14. The van der Waals surface area contributed by atoms with E-state index in [1.165, 1.54) is 6.42 Å². The van der Waals surface area contributed by atoms with Crippen LogP contribution in [0.3, 0.4) is 0 Å². The molecule has 2 heterocycles. The van der Waals surface area contributed by atoms with E-state index in [0.717, 1.165) is 30.5 Å². The summed E-state index contributed by atoms with van der Waals surface area (Å²) in [7, 11) is 0. The van der Waals surface area contributed by atoms with Gasteiger partial charge in [0.15, 0.2) is 0 Å². The molecule has 1 aliphatic rings. The maximum atomic E-state index is 6.21. The molecule has 3 heteroatoms. The van der Waals surface area contributed by atoms with Crippen molar-refractivity contribution in [1.82, 2.24) is 4.90 Å². The van der Waals surface area contributed by atoms with Gasteiger partial charge in [0.05, 0.1) is 6.04 Å². The van der Waals surface area contributed by atoms with Gasteiger partial charge in [0, 0.05) is 12.6 Å². The highest BCUT2D eigenvalue weighted by molar-refractivity contribution is 5.12. The highest BCUT2D eigenvalue weighted by atomic mass is 16.3. The van der Waals surface area contributed by atoms with Gasteiger partial charge in [-0.2, -0.15) is 0 Å². The molecule has 3 nitrogen and oxygen atoms in total. The Kier molecular flexibility index (Phi) is 4.07. The van der Waals surface area contributed by atoms with Crippen LogP contribution in [0.4, 0.5) is 0 Å². The molecule has 0 saturated carbocycles. The van der Waals surface area contributed by atoms with Crippen molar-refractivity contribution in [1.29, 1.82) is 0 Å². The van der Waals surface area contributed by atoms with Crippen LogP contribution >= 0.6 is 0 Å². The fraction of sp³-hybridized carbons (Fsp3) is 0.750. The van der Waals surface area contributed by atoms with Gasteiger partial charge < -0.3 is 10.2 Å². The number of aryl methyl sites for hydroxylation is 1. The number of nitrogens with zero attached hydrogens (tertiary/aromatic N) is 1. The van der Waals surface area contributed by atoms with E-state index in [0.29, 0.717) is 5.41 Å². The molecule has 0 radical (unpaired) electrons. The quantitative estimate of drug-likeness (QED) is 0.910. The fourth-order valence-corrected chi connectivity index (χ4v) is 3.13. The van der Waals surface area contributed by atoms with Gasteiger partial charge in [0.2, 0.25) is 0 Å². The fourth-order valence-electron chi connectivity index (χ4n) is 3.13. The van der Waals surface area contributed by atoms with E-state index in [-0.39, 0.29) is 12.1 Å². The number of furan rings is 1. The lowest BCUT2D eigenvalue weighted by Gasteiger charge is -2.31. The van der Waals surface area contributed by atoms with Crippen LogP contribution in [0.2, 0.25) is 0 Å². The Labute approximate surface area is 117 Å². The summed E-state index contributed by atoms with van der Waals surface area (Å²) in [4.78, 5) is 2.50. The van der Waals surface area contributed by atoms with Gasteiger partial charge in [-0.15, -0.1) is 0 Å². The summed E-state index contributed by atoms with van der Waals surface area (Å²) in [5.74, 6) is 2.72. The van der Waals surface area contributed by atoms with E-state index in [1.807, 2.05) is 13.0 Å². The van der Waals surface area contributed by atoms with Gasteiger partial charge in [0.1, 0.15) is 11.5 Å². The summed E-state index contributed by atoms with van der Waals surface area (Å²) in [5.41, 5.74) is 6.58. The van der Waals surface area contributed by atoms with Gasteiger partial charge in [-0.05, 0) is 50.3 Å². The van der Waals surface area contributed by atoms with E-state index in [2.05, 4.69) is 38.7 Å². The molecule has 0 amide bonds. The first-order valence-electron chi connectivity index (χ1n) is 7.35. The van der Waals surface area contributed by atoms with Crippen LogP contribution in [-0.2, 0) is 0 Å². The van der Waals surface area contributed by atoms with Gasteiger partial charge >= 0.3 is 0 Å². The predicted molar refractivity (Wildman–Crippen MR) is 79.0 cm³/mol. The molecule has 2 rings (SSSR count). The highest BCUT2D eigenvalue weighted by Gasteiger charge is 2.37. The van der Waals surface area contributed by atoms with Crippen LogP contribution in [0, 0.1) is 18.3 Å². The van der Waals surface area contributed by atoms with Crippen molar-refractivity contribution < 1.29 is 4.42 Å². The molecule has 2 N–H and O–H groups in total. The first-order chi connectivity index (χ1) is 8.79. The summed E-state index contributed by atoms with van der Waals surface area (Å²) in [6, 6.07) is 4.40. The number of rotatable bonds is 3. The number of likely N-dealkylation sites (tertiary alicyclic amines) is 1. The maximum absolute atomic E-state index is 6.21. The van der Waals surface area contributed by atoms with Gasteiger partial charge in [-0.3, -0.25) is 4.90 Å². The first kappa shape index (κ1) is 14.6. The molecule has 0 bridgehead atoms. The van der Waals surface area contributed by atoms with Crippen LogP contribution in [0.25, 0.3) is 0 Å². The van der Waals surface area contributed by atoms with Gasteiger partial charge in [-0.25, -0.2) is 0 Å². The Morgan fingerprint density at radius 2 is 2.05 bits per heavy atom. The van der Waals surface area contributed by atoms with Gasteiger partial charge in [-0.1, -0.05) is 20.8 Å². The minimum absolute atomic E-state index is 0.0873. The van der Waals surface area contributed by atoms with E-state index in [4.69, 9.17) is 10.2 Å². The lowest BCUT2D eigenvalue weighted by atomic mass is 9.80. The smallest absolute Gasteiger partial charge is 0.122 e.